The molecule has 3 rings (SSSR count). The first-order valence-corrected chi connectivity index (χ1v) is 7.30. The summed E-state index contributed by atoms with van der Waals surface area (Å²) in [5.41, 5.74) is 3.78. The fraction of sp³-hybridized carbons (Fsp3) is 0.250. The molecule has 0 saturated heterocycles. The van der Waals surface area contributed by atoms with E-state index in [1.165, 1.54) is 17.3 Å². The Morgan fingerprint density at radius 2 is 2.05 bits per heavy atom. The summed E-state index contributed by atoms with van der Waals surface area (Å²) in [6.45, 7) is 0. The van der Waals surface area contributed by atoms with Crippen LogP contribution in [-0.2, 0) is 12.8 Å². The van der Waals surface area contributed by atoms with Gasteiger partial charge in [-0.15, -0.1) is 0 Å². The number of aryl methyl sites for hydroxylation is 1. The Morgan fingerprint density at radius 3 is 2.89 bits per heavy atom. The molecule has 98 valence electrons. The highest BCUT2D eigenvalue weighted by atomic mass is 79.9. The van der Waals surface area contributed by atoms with Gasteiger partial charge in [-0.05, 0) is 64.5 Å². The van der Waals surface area contributed by atoms with Crippen molar-refractivity contribution in [3.8, 4) is 0 Å². The second-order valence-corrected chi connectivity index (χ2v) is 5.84. The van der Waals surface area contributed by atoms with E-state index in [1.54, 1.807) is 0 Å². The first-order chi connectivity index (χ1) is 9.22. The SMILES string of the molecule is Fc1ccc(CC2CCc3ccccc3N2)cc1Br. The Balaban J connectivity index is 1.73. The number of benzene rings is 2. The molecule has 1 atom stereocenters. The van der Waals surface area contributed by atoms with Crippen LogP contribution in [0.15, 0.2) is 46.9 Å². The highest BCUT2D eigenvalue weighted by Gasteiger charge is 2.17. The zero-order valence-electron chi connectivity index (χ0n) is 10.5. The quantitative estimate of drug-likeness (QED) is 0.855. The molecule has 3 heteroatoms. The molecule has 0 fully saturated rings. The minimum absolute atomic E-state index is 0.203. The van der Waals surface area contributed by atoms with Crippen LogP contribution >= 0.6 is 15.9 Å². The van der Waals surface area contributed by atoms with Gasteiger partial charge in [0.2, 0.25) is 0 Å². The first-order valence-electron chi connectivity index (χ1n) is 6.51. The molecule has 1 nitrogen and oxygen atoms in total. The van der Waals surface area contributed by atoms with Crippen molar-refractivity contribution in [1.82, 2.24) is 0 Å². The Hall–Kier alpha value is -1.35. The molecule has 0 aliphatic carbocycles. The summed E-state index contributed by atoms with van der Waals surface area (Å²) in [6, 6.07) is 14.1. The van der Waals surface area contributed by atoms with Crippen molar-refractivity contribution in [2.75, 3.05) is 5.32 Å². The average Bonchev–Trinajstić information content (AvgIpc) is 2.43. The van der Waals surface area contributed by atoms with Crippen molar-refractivity contribution < 1.29 is 4.39 Å². The standard InChI is InChI=1S/C16H15BrFN/c17-14-10-11(5-8-15(14)18)9-13-7-6-12-3-1-2-4-16(12)19-13/h1-5,8,10,13,19H,6-7,9H2. The molecule has 1 N–H and O–H groups in total. The largest absolute Gasteiger partial charge is 0.382 e. The summed E-state index contributed by atoms with van der Waals surface area (Å²) >= 11 is 3.24. The van der Waals surface area contributed by atoms with E-state index in [0.717, 1.165) is 24.8 Å². The summed E-state index contributed by atoms with van der Waals surface area (Å²) in [6.07, 6.45) is 3.15. The molecular formula is C16H15BrFN. The van der Waals surface area contributed by atoms with Crippen LogP contribution in [0, 0.1) is 5.82 Å². The Kier molecular flexibility index (Phi) is 3.56. The van der Waals surface area contributed by atoms with Gasteiger partial charge in [0.15, 0.2) is 0 Å². The predicted octanol–water partition coefficient (Wildman–Crippen LogP) is 4.56. The second-order valence-electron chi connectivity index (χ2n) is 4.99. The third kappa shape index (κ3) is 2.81. The van der Waals surface area contributed by atoms with Crippen molar-refractivity contribution in [3.05, 3.63) is 63.9 Å². The molecule has 1 aliphatic rings. The molecule has 0 amide bonds. The van der Waals surface area contributed by atoms with Gasteiger partial charge in [-0.2, -0.15) is 0 Å². The van der Waals surface area contributed by atoms with Crippen LogP contribution in [0.2, 0.25) is 0 Å². The lowest BCUT2D eigenvalue weighted by Gasteiger charge is -2.27. The number of rotatable bonds is 2. The molecule has 19 heavy (non-hydrogen) atoms. The molecule has 1 heterocycles. The molecule has 2 aromatic rings. The molecule has 0 radical (unpaired) electrons. The number of para-hydroxylation sites is 1. The zero-order valence-corrected chi connectivity index (χ0v) is 12.1. The van der Waals surface area contributed by atoms with E-state index in [-0.39, 0.29) is 5.82 Å². The Bertz CT molecular complexity index is 597. The number of hydrogen-bond donors (Lipinski definition) is 1. The van der Waals surface area contributed by atoms with Gasteiger partial charge in [-0.3, -0.25) is 0 Å². The molecule has 1 unspecified atom stereocenters. The lowest BCUT2D eigenvalue weighted by molar-refractivity contribution is 0.612. The molecule has 2 aromatic carbocycles. The van der Waals surface area contributed by atoms with Crippen LogP contribution in [0.3, 0.4) is 0 Å². The van der Waals surface area contributed by atoms with E-state index in [1.807, 2.05) is 12.1 Å². The number of fused-ring (bicyclic) bond motifs is 1. The van der Waals surface area contributed by atoms with E-state index >= 15 is 0 Å². The highest BCUT2D eigenvalue weighted by Crippen LogP contribution is 2.26. The van der Waals surface area contributed by atoms with Gasteiger partial charge in [0, 0.05) is 11.7 Å². The third-order valence-corrected chi connectivity index (χ3v) is 4.21. The normalized spacial score (nSPS) is 17.7. The zero-order chi connectivity index (χ0) is 13.2. The summed E-state index contributed by atoms with van der Waals surface area (Å²) < 4.78 is 13.8. The van der Waals surface area contributed by atoms with Crippen molar-refractivity contribution in [2.24, 2.45) is 0 Å². The van der Waals surface area contributed by atoms with Crippen LogP contribution < -0.4 is 5.32 Å². The van der Waals surface area contributed by atoms with Gasteiger partial charge in [-0.1, -0.05) is 24.3 Å². The number of hydrogen-bond acceptors (Lipinski definition) is 1. The number of nitrogens with one attached hydrogen (secondary N) is 1. The summed E-state index contributed by atoms with van der Waals surface area (Å²) in [7, 11) is 0. The van der Waals surface area contributed by atoms with Gasteiger partial charge in [0.25, 0.3) is 0 Å². The maximum Gasteiger partial charge on any atom is 0.137 e. The van der Waals surface area contributed by atoms with E-state index in [0.29, 0.717) is 10.5 Å². The minimum Gasteiger partial charge on any atom is -0.382 e. The maximum atomic E-state index is 13.2. The fourth-order valence-corrected chi connectivity index (χ4v) is 3.03. The van der Waals surface area contributed by atoms with Crippen LogP contribution in [0.1, 0.15) is 17.5 Å². The Morgan fingerprint density at radius 1 is 1.21 bits per heavy atom. The van der Waals surface area contributed by atoms with Crippen molar-refractivity contribution in [1.29, 1.82) is 0 Å². The number of anilines is 1. The topological polar surface area (TPSA) is 12.0 Å². The number of halogens is 2. The lowest BCUT2D eigenvalue weighted by Crippen LogP contribution is -2.27. The first kappa shape index (κ1) is 12.7. The molecule has 0 saturated carbocycles. The highest BCUT2D eigenvalue weighted by molar-refractivity contribution is 9.10. The molecule has 0 bridgehead atoms. The third-order valence-electron chi connectivity index (χ3n) is 3.61. The van der Waals surface area contributed by atoms with E-state index < -0.39 is 0 Å². The average molecular weight is 320 g/mol. The second kappa shape index (κ2) is 5.33. The van der Waals surface area contributed by atoms with Gasteiger partial charge in [-0.25, -0.2) is 4.39 Å². The van der Waals surface area contributed by atoms with E-state index in [4.69, 9.17) is 0 Å². The lowest BCUT2D eigenvalue weighted by atomic mass is 9.94. The predicted molar refractivity (Wildman–Crippen MR) is 80.0 cm³/mol. The molecule has 0 spiro atoms. The van der Waals surface area contributed by atoms with Gasteiger partial charge < -0.3 is 5.32 Å². The van der Waals surface area contributed by atoms with Crippen LogP contribution in [-0.4, -0.2) is 6.04 Å². The van der Waals surface area contributed by atoms with Crippen molar-refractivity contribution >= 4 is 21.6 Å². The fourth-order valence-electron chi connectivity index (χ4n) is 2.61. The summed E-state index contributed by atoms with van der Waals surface area (Å²) in [4.78, 5) is 0. The van der Waals surface area contributed by atoms with Crippen LogP contribution in [0.5, 0.6) is 0 Å². The van der Waals surface area contributed by atoms with Crippen LogP contribution in [0.25, 0.3) is 0 Å². The molecular weight excluding hydrogens is 305 g/mol. The van der Waals surface area contributed by atoms with Gasteiger partial charge in [0.1, 0.15) is 5.82 Å². The van der Waals surface area contributed by atoms with Gasteiger partial charge in [0.05, 0.1) is 4.47 Å². The van der Waals surface area contributed by atoms with Crippen molar-refractivity contribution in [2.45, 2.75) is 25.3 Å². The van der Waals surface area contributed by atoms with Crippen molar-refractivity contribution in [3.63, 3.8) is 0 Å². The summed E-state index contributed by atoms with van der Waals surface area (Å²) in [5, 5.41) is 3.57. The van der Waals surface area contributed by atoms with Gasteiger partial charge >= 0.3 is 0 Å². The molecule has 1 aliphatic heterocycles. The van der Waals surface area contributed by atoms with E-state index in [9.17, 15) is 4.39 Å². The minimum atomic E-state index is -0.203. The summed E-state index contributed by atoms with van der Waals surface area (Å²) in [5.74, 6) is -0.203. The maximum absolute atomic E-state index is 13.2. The Labute approximate surface area is 121 Å². The van der Waals surface area contributed by atoms with E-state index in [2.05, 4.69) is 45.5 Å². The smallest absolute Gasteiger partial charge is 0.137 e. The molecule has 0 aromatic heterocycles. The van der Waals surface area contributed by atoms with Crippen LogP contribution in [0.4, 0.5) is 10.1 Å². The monoisotopic (exact) mass is 319 g/mol.